The number of unbranched alkanes of at least 4 members (excludes halogenated alkanes) is 3. The number of aryl methyl sites for hydroxylation is 1. The lowest BCUT2D eigenvalue weighted by Crippen LogP contribution is -3.00. The second-order valence-corrected chi connectivity index (χ2v) is 6.44. The number of benzene rings is 1. The van der Waals surface area contributed by atoms with E-state index >= 15 is 0 Å². The van der Waals surface area contributed by atoms with E-state index in [1.54, 1.807) is 0 Å². The molecule has 0 aliphatic rings. The quantitative estimate of drug-likeness (QED) is 0.421. The molecule has 0 spiro atoms. The SMILES string of the molecule is CCCC[N+](C)(CCCC)CCCCc1ccccc1.[Br-]. The Hall–Kier alpha value is -0.340. The van der Waals surface area contributed by atoms with E-state index < -0.39 is 0 Å². The van der Waals surface area contributed by atoms with Crippen molar-refractivity contribution in [2.75, 3.05) is 26.7 Å². The number of quaternary nitrogens is 1. The summed E-state index contributed by atoms with van der Waals surface area (Å²) in [6.07, 6.45) is 9.32. The first-order chi connectivity index (χ1) is 9.70. The van der Waals surface area contributed by atoms with Crippen molar-refractivity contribution in [1.82, 2.24) is 0 Å². The van der Waals surface area contributed by atoms with Gasteiger partial charge in [0.05, 0.1) is 26.7 Å². The minimum atomic E-state index is 0. The summed E-state index contributed by atoms with van der Waals surface area (Å²) < 4.78 is 1.29. The Kier molecular flexibility index (Phi) is 12.0. The van der Waals surface area contributed by atoms with E-state index in [0.29, 0.717) is 0 Å². The fraction of sp³-hybridized carbons (Fsp3) is 0.684. The van der Waals surface area contributed by atoms with Gasteiger partial charge in [-0.25, -0.2) is 0 Å². The van der Waals surface area contributed by atoms with Crippen LogP contribution in [0.15, 0.2) is 30.3 Å². The van der Waals surface area contributed by atoms with Gasteiger partial charge >= 0.3 is 0 Å². The molecule has 0 aliphatic carbocycles. The largest absolute Gasteiger partial charge is 1.00 e. The normalized spacial score (nSPS) is 11.2. The predicted octanol–water partition coefficient (Wildman–Crippen LogP) is 2.06. The Morgan fingerprint density at radius 2 is 1.29 bits per heavy atom. The molecule has 0 unspecified atom stereocenters. The van der Waals surface area contributed by atoms with Crippen LogP contribution in [0.1, 0.15) is 57.9 Å². The van der Waals surface area contributed by atoms with Crippen molar-refractivity contribution in [2.45, 2.75) is 58.8 Å². The molecule has 0 N–H and O–H groups in total. The molecule has 1 aromatic carbocycles. The fourth-order valence-electron chi connectivity index (χ4n) is 2.88. The number of nitrogens with zero attached hydrogens (tertiary/aromatic N) is 1. The van der Waals surface area contributed by atoms with Gasteiger partial charge in [-0.05, 0) is 37.7 Å². The molecular weight excluding hydrogens is 322 g/mol. The highest BCUT2D eigenvalue weighted by atomic mass is 79.9. The van der Waals surface area contributed by atoms with Crippen LogP contribution in [0, 0.1) is 0 Å². The van der Waals surface area contributed by atoms with Gasteiger partial charge in [0.25, 0.3) is 0 Å². The summed E-state index contributed by atoms with van der Waals surface area (Å²) in [6, 6.07) is 10.9. The molecule has 0 heterocycles. The summed E-state index contributed by atoms with van der Waals surface area (Å²) >= 11 is 0. The smallest absolute Gasteiger partial charge is 0.0784 e. The monoisotopic (exact) mass is 355 g/mol. The molecule has 0 atom stereocenters. The van der Waals surface area contributed by atoms with Crippen molar-refractivity contribution < 1.29 is 21.5 Å². The Labute approximate surface area is 143 Å². The van der Waals surface area contributed by atoms with Gasteiger partial charge in [0.1, 0.15) is 0 Å². The van der Waals surface area contributed by atoms with Crippen LogP contribution in [0.4, 0.5) is 0 Å². The third-order valence-corrected chi connectivity index (χ3v) is 4.36. The maximum atomic E-state index is 2.47. The van der Waals surface area contributed by atoms with Crippen LogP contribution in [0.2, 0.25) is 0 Å². The molecule has 0 aromatic heterocycles. The number of hydrogen-bond acceptors (Lipinski definition) is 0. The van der Waals surface area contributed by atoms with Gasteiger partial charge in [-0.2, -0.15) is 0 Å². The lowest BCUT2D eigenvalue weighted by molar-refractivity contribution is -0.910. The minimum absolute atomic E-state index is 0. The molecule has 0 saturated heterocycles. The van der Waals surface area contributed by atoms with Crippen LogP contribution in [0.5, 0.6) is 0 Å². The van der Waals surface area contributed by atoms with E-state index in [0.717, 1.165) is 0 Å². The van der Waals surface area contributed by atoms with Crippen LogP contribution in [0.3, 0.4) is 0 Å². The molecule has 21 heavy (non-hydrogen) atoms. The van der Waals surface area contributed by atoms with Crippen LogP contribution >= 0.6 is 0 Å². The third kappa shape index (κ3) is 9.31. The molecule has 0 saturated carbocycles. The molecule has 2 heteroatoms. The number of halogens is 1. The van der Waals surface area contributed by atoms with Crippen molar-refractivity contribution in [2.24, 2.45) is 0 Å². The number of rotatable bonds is 11. The van der Waals surface area contributed by atoms with E-state index in [4.69, 9.17) is 0 Å². The van der Waals surface area contributed by atoms with Crippen LogP contribution in [-0.2, 0) is 6.42 Å². The first kappa shape index (κ1) is 20.7. The topological polar surface area (TPSA) is 0 Å². The molecule has 1 aromatic rings. The highest BCUT2D eigenvalue weighted by molar-refractivity contribution is 5.14. The van der Waals surface area contributed by atoms with E-state index in [1.165, 1.54) is 74.6 Å². The molecule has 122 valence electrons. The Bertz CT molecular complexity index is 329. The third-order valence-electron chi connectivity index (χ3n) is 4.36. The first-order valence-corrected chi connectivity index (χ1v) is 8.57. The summed E-state index contributed by atoms with van der Waals surface area (Å²) in [6.45, 7) is 8.69. The molecule has 1 nitrogen and oxygen atoms in total. The molecule has 0 amide bonds. The predicted molar refractivity (Wildman–Crippen MR) is 90.0 cm³/mol. The second kappa shape index (κ2) is 12.2. The highest BCUT2D eigenvalue weighted by Gasteiger charge is 2.19. The Morgan fingerprint density at radius 1 is 0.762 bits per heavy atom. The van der Waals surface area contributed by atoms with Crippen molar-refractivity contribution in [3.63, 3.8) is 0 Å². The molecular formula is C19H34BrN. The summed E-state index contributed by atoms with van der Waals surface area (Å²) in [5.74, 6) is 0. The molecule has 0 bridgehead atoms. The Morgan fingerprint density at radius 3 is 1.81 bits per heavy atom. The maximum Gasteiger partial charge on any atom is 0.0784 e. The van der Waals surface area contributed by atoms with Gasteiger partial charge in [0, 0.05) is 0 Å². The zero-order valence-corrected chi connectivity index (χ0v) is 15.9. The molecule has 0 aliphatic heterocycles. The van der Waals surface area contributed by atoms with Gasteiger partial charge in [0.2, 0.25) is 0 Å². The van der Waals surface area contributed by atoms with Crippen molar-refractivity contribution in [1.29, 1.82) is 0 Å². The standard InChI is InChI=1S/C19H34N.BrH/c1-4-6-16-20(3,17-7-5-2)18-12-11-15-19-13-9-8-10-14-19;/h8-10,13-14H,4-7,11-12,15-18H2,1-3H3;1H/q+1;/p-1. The van der Waals surface area contributed by atoms with Gasteiger partial charge in [-0.1, -0.05) is 57.0 Å². The van der Waals surface area contributed by atoms with Crippen LogP contribution in [0.25, 0.3) is 0 Å². The molecule has 1 rings (SSSR count). The zero-order valence-electron chi connectivity index (χ0n) is 14.3. The van der Waals surface area contributed by atoms with Gasteiger partial charge in [0.15, 0.2) is 0 Å². The van der Waals surface area contributed by atoms with Gasteiger partial charge < -0.3 is 21.5 Å². The minimum Gasteiger partial charge on any atom is -1.00 e. The number of hydrogen-bond donors (Lipinski definition) is 0. The summed E-state index contributed by atoms with van der Waals surface area (Å²) in [7, 11) is 2.47. The van der Waals surface area contributed by atoms with E-state index in [9.17, 15) is 0 Å². The van der Waals surface area contributed by atoms with E-state index in [-0.39, 0.29) is 17.0 Å². The second-order valence-electron chi connectivity index (χ2n) is 6.44. The molecule has 0 fully saturated rings. The summed E-state index contributed by atoms with van der Waals surface area (Å²) in [4.78, 5) is 0. The maximum absolute atomic E-state index is 2.47. The average Bonchev–Trinajstić information content (AvgIpc) is 2.49. The first-order valence-electron chi connectivity index (χ1n) is 8.57. The lowest BCUT2D eigenvalue weighted by atomic mass is 10.1. The fourth-order valence-corrected chi connectivity index (χ4v) is 2.88. The van der Waals surface area contributed by atoms with Crippen LogP contribution < -0.4 is 17.0 Å². The van der Waals surface area contributed by atoms with Gasteiger partial charge in [-0.15, -0.1) is 0 Å². The molecule has 0 radical (unpaired) electrons. The van der Waals surface area contributed by atoms with E-state index in [2.05, 4.69) is 51.2 Å². The van der Waals surface area contributed by atoms with Crippen molar-refractivity contribution >= 4 is 0 Å². The highest BCUT2D eigenvalue weighted by Crippen LogP contribution is 2.12. The Balaban J connectivity index is 0.00000400. The van der Waals surface area contributed by atoms with Gasteiger partial charge in [-0.3, -0.25) is 0 Å². The van der Waals surface area contributed by atoms with E-state index in [1.807, 2.05) is 0 Å². The average molecular weight is 356 g/mol. The summed E-state index contributed by atoms with van der Waals surface area (Å²) in [5, 5.41) is 0. The van der Waals surface area contributed by atoms with Crippen LogP contribution in [-0.4, -0.2) is 31.2 Å². The summed E-state index contributed by atoms with van der Waals surface area (Å²) in [5.41, 5.74) is 1.49. The van der Waals surface area contributed by atoms with Crippen molar-refractivity contribution in [3.05, 3.63) is 35.9 Å². The van der Waals surface area contributed by atoms with Crippen molar-refractivity contribution in [3.8, 4) is 0 Å². The lowest BCUT2D eigenvalue weighted by Gasteiger charge is -2.35. The zero-order chi connectivity index (χ0) is 14.7.